The lowest BCUT2D eigenvalue weighted by Gasteiger charge is -2.26. The second-order valence-corrected chi connectivity index (χ2v) is 15.4. The zero-order valence-electron chi connectivity index (χ0n) is 35.4. The van der Waals surface area contributed by atoms with Crippen molar-refractivity contribution in [3.05, 3.63) is 279 Å². The van der Waals surface area contributed by atoms with E-state index in [1.165, 1.54) is 38.9 Å². The Morgan fingerprint density at radius 2 is 0.603 bits per heavy atom. The Balaban J connectivity index is 0.975. The Kier molecular flexibility index (Phi) is 12.1. The van der Waals surface area contributed by atoms with Crippen molar-refractivity contribution in [1.82, 2.24) is 0 Å². The van der Waals surface area contributed by atoms with Gasteiger partial charge >= 0.3 is 0 Å². The van der Waals surface area contributed by atoms with E-state index >= 15 is 0 Å². The van der Waals surface area contributed by atoms with Gasteiger partial charge in [-0.3, -0.25) is 0 Å². The summed E-state index contributed by atoms with van der Waals surface area (Å²) >= 11 is 0. The topological polar surface area (TPSA) is 6.48 Å². The van der Waals surface area contributed by atoms with Crippen molar-refractivity contribution in [2.75, 3.05) is 9.80 Å². The molecule has 0 radical (unpaired) electrons. The van der Waals surface area contributed by atoms with E-state index in [9.17, 15) is 0 Å². The molecule has 9 aromatic carbocycles. The quantitative estimate of drug-likeness (QED) is 0.107. The minimum Gasteiger partial charge on any atom is -0.311 e. The first kappa shape index (κ1) is 40.2. The van der Waals surface area contributed by atoms with Gasteiger partial charge in [0.2, 0.25) is 0 Å². The summed E-state index contributed by atoms with van der Waals surface area (Å²) in [5.41, 5.74) is 18.0. The fourth-order valence-corrected chi connectivity index (χ4v) is 8.08. The van der Waals surface area contributed by atoms with E-state index in [4.69, 9.17) is 0 Å². The van der Waals surface area contributed by atoms with Crippen LogP contribution in [0.25, 0.3) is 50.1 Å². The molecule has 0 aliphatic heterocycles. The standard InChI is InChI=1S/C61H48N2/c1-3-47(48-16-8-4-9-17-48)25-24-46(2)62(58-38-30-53(31-39-58)50-20-12-6-13-21-50)59-40-32-55(33-41-59)56-36-44-61(45-37-56)63(57-22-14-7-15-23-57)60-42-34-54(35-43-60)52-28-26-51(27-29-52)49-18-10-5-11-19-49/h3-45H,2H2,1H3/b25-24-,47-3+. The molecule has 0 saturated heterocycles. The summed E-state index contributed by atoms with van der Waals surface area (Å²) in [5, 5.41) is 0. The van der Waals surface area contributed by atoms with Crippen LogP contribution in [0.2, 0.25) is 0 Å². The maximum absolute atomic E-state index is 4.59. The van der Waals surface area contributed by atoms with Crippen LogP contribution in [-0.4, -0.2) is 0 Å². The van der Waals surface area contributed by atoms with Crippen molar-refractivity contribution in [2.45, 2.75) is 6.92 Å². The second kappa shape index (κ2) is 19.0. The molecular formula is C61H48N2. The number of hydrogen-bond acceptors (Lipinski definition) is 2. The first-order valence-electron chi connectivity index (χ1n) is 21.5. The van der Waals surface area contributed by atoms with E-state index in [1.54, 1.807) is 0 Å². The van der Waals surface area contributed by atoms with E-state index < -0.39 is 0 Å². The molecular weight excluding hydrogens is 761 g/mol. The third-order valence-electron chi connectivity index (χ3n) is 11.4. The van der Waals surface area contributed by atoms with Crippen molar-refractivity contribution in [1.29, 1.82) is 0 Å². The van der Waals surface area contributed by atoms with Crippen molar-refractivity contribution >= 4 is 34.0 Å². The van der Waals surface area contributed by atoms with Crippen molar-refractivity contribution in [3.63, 3.8) is 0 Å². The molecule has 0 amide bonds. The highest BCUT2D eigenvalue weighted by atomic mass is 15.1. The second-order valence-electron chi connectivity index (χ2n) is 15.4. The van der Waals surface area contributed by atoms with Crippen molar-refractivity contribution in [2.24, 2.45) is 0 Å². The fourth-order valence-electron chi connectivity index (χ4n) is 8.08. The van der Waals surface area contributed by atoms with Crippen molar-refractivity contribution in [3.8, 4) is 44.5 Å². The van der Waals surface area contributed by atoms with Crippen LogP contribution in [0, 0.1) is 0 Å². The van der Waals surface area contributed by atoms with Gasteiger partial charge in [0.1, 0.15) is 0 Å². The van der Waals surface area contributed by atoms with Gasteiger partial charge in [0, 0.05) is 34.1 Å². The summed E-state index contributed by atoms with van der Waals surface area (Å²) in [6, 6.07) is 86.1. The van der Waals surface area contributed by atoms with Crippen LogP contribution in [0.4, 0.5) is 28.4 Å². The third kappa shape index (κ3) is 9.27. The van der Waals surface area contributed by atoms with E-state index in [-0.39, 0.29) is 0 Å². The molecule has 0 atom stereocenters. The molecule has 9 rings (SSSR count). The van der Waals surface area contributed by atoms with E-state index in [0.717, 1.165) is 50.8 Å². The molecule has 0 fully saturated rings. The smallest absolute Gasteiger partial charge is 0.0462 e. The lowest BCUT2D eigenvalue weighted by Crippen LogP contribution is -2.14. The fraction of sp³-hybridized carbons (Fsp3) is 0.0164. The predicted molar refractivity (Wildman–Crippen MR) is 270 cm³/mol. The number of allylic oxidation sites excluding steroid dienone is 4. The largest absolute Gasteiger partial charge is 0.311 e. The summed E-state index contributed by atoms with van der Waals surface area (Å²) in [4.78, 5) is 4.53. The lowest BCUT2D eigenvalue weighted by molar-refractivity contribution is 1.22. The van der Waals surface area contributed by atoms with Gasteiger partial charge in [0.25, 0.3) is 0 Å². The summed E-state index contributed by atoms with van der Waals surface area (Å²) in [5.74, 6) is 0. The molecule has 2 nitrogen and oxygen atoms in total. The maximum Gasteiger partial charge on any atom is 0.0462 e. The molecule has 0 aliphatic rings. The van der Waals surface area contributed by atoms with Crippen LogP contribution in [0.3, 0.4) is 0 Å². The van der Waals surface area contributed by atoms with E-state index in [0.29, 0.717) is 0 Å². The van der Waals surface area contributed by atoms with Gasteiger partial charge in [0.15, 0.2) is 0 Å². The highest BCUT2D eigenvalue weighted by Crippen LogP contribution is 2.38. The molecule has 0 N–H and O–H groups in total. The van der Waals surface area contributed by atoms with E-state index in [1.807, 2.05) is 6.07 Å². The molecule has 302 valence electrons. The number of nitrogens with zero attached hydrogens (tertiary/aromatic N) is 2. The minimum absolute atomic E-state index is 0.866. The van der Waals surface area contributed by atoms with Gasteiger partial charge in [-0.05, 0) is 129 Å². The monoisotopic (exact) mass is 808 g/mol. The molecule has 0 saturated carbocycles. The predicted octanol–water partition coefficient (Wildman–Crippen LogP) is 17.1. The van der Waals surface area contributed by atoms with Gasteiger partial charge in [-0.15, -0.1) is 0 Å². The number of anilines is 5. The number of benzene rings is 9. The van der Waals surface area contributed by atoms with Crippen LogP contribution in [-0.2, 0) is 0 Å². The van der Waals surface area contributed by atoms with E-state index in [2.05, 4.69) is 278 Å². The van der Waals surface area contributed by atoms with Gasteiger partial charge in [-0.1, -0.05) is 201 Å². The van der Waals surface area contributed by atoms with Crippen molar-refractivity contribution < 1.29 is 0 Å². The number of rotatable bonds is 13. The molecule has 2 heteroatoms. The van der Waals surface area contributed by atoms with Gasteiger partial charge in [-0.2, -0.15) is 0 Å². The van der Waals surface area contributed by atoms with Crippen LogP contribution in [0.15, 0.2) is 273 Å². The third-order valence-corrected chi connectivity index (χ3v) is 11.4. The van der Waals surface area contributed by atoms with Crippen LogP contribution < -0.4 is 9.80 Å². The zero-order chi connectivity index (χ0) is 42.8. The Hall–Kier alpha value is -8.20. The molecule has 63 heavy (non-hydrogen) atoms. The first-order valence-corrected chi connectivity index (χ1v) is 21.5. The van der Waals surface area contributed by atoms with Crippen LogP contribution >= 0.6 is 0 Å². The maximum atomic E-state index is 4.59. The lowest BCUT2D eigenvalue weighted by atomic mass is 10.00. The van der Waals surface area contributed by atoms with Crippen LogP contribution in [0.1, 0.15) is 12.5 Å². The molecule has 9 aromatic rings. The van der Waals surface area contributed by atoms with Gasteiger partial charge in [0.05, 0.1) is 0 Å². The first-order chi connectivity index (χ1) is 31.1. The zero-order valence-corrected chi connectivity index (χ0v) is 35.4. The molecule has 0 bridgehead atoms. The molecule has 0 heterocycles. The number of hydrogen-bond donors (Lipinski definition) is 0. The average Bonchev–Trinajstić information content (AvgIpc) is 3.36. The van der Waals surface area contributed by atoms with Gasteiger partial charge < -0.3 is 9.80 Å². The molecule has 0 aliphatic carbocycles. The molecule has 0 aromatic heterocycles. The Morgan fingerprint density at radius 1 is 0.317 bits per heavy atom. The summed E-state index contributed by atoms with van der Waals surface area (Å²) in [6.45, 7) is 6.66. The normalized spacial score (nSPS) is 11.3. The van der Waals surface area contributed by atoms with Gasteiger partial charge in [-0.25, -0.2) is 0 Å². The molecule has 0 unspecified atom stereocenters. The average molecular weight is 809 g/mol. The summed E-state index contributed by atoms with van der Waals surface area (Å²) in [7, 11) is 0. The Labute approximate surface area is 372 Å². The Morgan fingerprint density at radius 3 is 0.968 bits per heavy atom. The summed E-state index contributed by atoms with van der Waals surface area (Å²) < 4.78 is 0. The highest BCUT2D eigenvalue weighted by Gasteiger charge is 2.15. The highest BCUT2D eigenvalue weighted by molar-refractivity contribution is 5.82. The number of para-hydroxylation sites is 1. The minimum atomic E-state index is 0.866. The molecule has 0 spiro atoms. The SMILES string of the molecule is C=C(/C=C\C(=C/C)c1ccccc1)N(c1ccc(-c2ccccc2)cc1)c1ccc(-c2ccc(N(c3ccccc3)c3ccc(-c4ccc(-c5ccccc5)cc4)cc3)cc2)cc1. The van der Waals surface area contributed by atoms with Crippen LogP contribution in [0.5, 0.6) is 0 Å². The Bertz CT molecular complexity index is 2930. The summed E-state index contributed by atoms with van der Waals surface area (Å²) in [6.07, 6.45) is 6.40.